The van der Waals surface area contributed by atoms with E-state index >= 15 is 0 Å². The first-order valence-corrected chi connectivity index (χ1v) is 11.8. The highest BCUT2D eigenvalue weighted by atomic mass is 32.2. The normalized spacial score (nSPS) is 14.1. The van der Waals surface area contributed by atoms with Gasteiger partial charge in [-0.15, -0.1) is 21.5 Å². The monoisotopic (exact) mass is 444 g/mol. The average Bonchev–Trinajstić information content (AvgIpc) is 3.51. The Morgan fingerprint density at radius 3 is 2.93 bits per heavy atom. The Kier molecular flexibility index (Phi) is 6.38. The summed E-state index contributed by atoms with van der Waals surface area (Å²) in [5, 5.41) is 10.5. The average molecular weight is 445 g/mol. The molecule has 4 rings (SSSR count). The molecule has 0 saturated carbocycles. The van der Waals surface area contributed by atoms with Gasteiger partial charge in [0.15, 0.2) is 5.78 Å². The summed E-state index contributed by atoms with van der Waals surface area (Å²) in [4.78, 5) is 27.6. The largest absolute Gasteiger partial charge is 0.414 e. The number of likely N-dealkylation sites (tertiary alicyclic amines) is 1. The van der Waals surface area contributed by atoms with E-state index in [1.165, 1.54) is 16.6 Å². The molecule has 0 aromatic carbocycles. The summed E-state index contributed by atoms with van der Waals surface area (Å²) >= 11 is 2.99. The highest BCUT2D eigenvalue weighted by Gasteiger charge is 2.23. The Morgan fingerprint density at radius 2 is 2.20 bits per heavy atom. The molecule has 3 aromatic rings. The quantitative estimate of drug-likeness (QED) is 0.368. The Hall–Kier alpha value is -2.39. The predicted octanol–water partition coefficient (Wildman–Crippen LogP) is 3.89. The highest BCUT2D eigenvalue weighted by Crippen LogP contribution is 2.23. The Morgan fingerprint density at radius 1 is 1.33 bits per heavy atom. The van der Waals surface area contributed by atoms with Crippen molar-refractivity contribution in [2.24, 2.45) is 0 Å². The van der Waals surface area contributed by atoms with E-state index in [1.54, 1.807) is 16.2 Å². The third-order valence-corrected chi connectivity index (χ3v) is 7.06. The summed E-state index contributed by atoms with van der Waals surface area (Å²) in [5.41, 5.74) is 2.83. The molecular weight excluding hydrogens is 420 g/mol. The van der Waals surface area contributed by atoms with Crippen LogP contribution in [0, 0.1) is 13.8 Å². The molecule has 4 heterocycles. The van der Waals surface area contributed by atoms with Crippen molar-refractivity contribution in [1.29, 1.82) is 0 Å². The molecular formula is C21H24N4O3S2. The maximum Gasteiger partial charge on any atom is 0.277 e. The number of aromatic nitrogens is 3. The van der Waals surface area contributed by atoms with Crippen LogP contribution >= 0.6 is 23.1 Å². The molecule has 1 amide bonds. The van der Waals surface area contributed by atoms with Gasteiger partial charge in [-0.1, -0.05) is 17.8 Å². The van der Waals surface area contributed by atoms with Crippen LogP contribution in [-0.2, 0) is 24.3 Å². The van der Waals surface area contributed by atoms with Gasteiger partial charge in [0.1, 0.15) is 0 Å². The van der Waals surface area contributed by atoms with Gasteiger partial charge in [-0.2, -0.15) is 0 Å². The van der Waals surface area contributed by atoms with Crippen molar-refractivity contribution in [3.05, 3.63) is 51.3 Å². The van der Waals surface area contributed by atoms with Crippen LogP contribution in [0.2, 0.25) is 0 Å². The molecule has 3 aromatic heterocycles. The van der Waals surface area contributed by atoms with Crippen LogP contribution in [0.15, 0.2) is 33.2 Å². The third-order valence-electron chi connectivity index (χ3n) is 5.31. The summed E-state index contributed by atoms with van der Waals surface area (Å²) in [5.74, 6) is 0.809. The van der Waals surface area contributed by atoms with Crippen molar-refractivity contribution in [2.45, 2.75) is 51.4 Å². The van der Waals surface area contributed by atoms with Gasteiger partial charge in [-0.3, -0.25) is 9.59 Å². The second-order valence-corrected chi connectivity index (χ2v) is 9.32. The summed E-state index contributed by atoms with van der Waals surface area (Å²) < 4.78 is 7.81. The fraction of sp³-hybridized carbons (Fsp3) is 0.429. The molecule has 1 aliphatic heterocycles. The van der Waals surface area contributed by atoms with E-state index in [-0.39, 0.29) is 17.4 Å². The lowest BCUT2D eigenvalue weighted by atomic mass is 10.2. The van der Waals surface area contributed by atoms with Crippen LogP contribution in [-0.4, -0.2) is 43.7 Å². The van der Waals surface area contributed by atoms with E-state index in [9.17, 15) is 9.59 Å². The molecule has 9 heteroatoms. The van der Waals surface area contributed by atoms with Crippen molar-refractivity contribution >= 4 is 34.8 Å². The number of thioether (sulfide) groups is 1. The minimum Gasteiger partial charge on any atom is -0.414 e. The van der Waals surface area contributed by atoms with Gasteiger partial charge >= 0.3 is 0 Å². The Bertz CT molecular complexity index is 1040. The van der Waals surface area contributed by atoms with Gasteiger partial charge in [0.25, 0.3) is 5.22 Å². The van der Waals surface area contributed by atoms with Crippen LogP contribution in [0.3, 0.4) is 0 Å². The SMILES string of the molecule is Cc1cc(C(=O)CSc2nnc(CN3CCCC3=O)o2)c(C)n1CCc1cccs1. The van der Waals surface area contributed by atoms with E-state index < -0.39 is 0 Å². The number of rotatable bonds is 9. The van der Waals surface area contributed by atoms with E-state index in [1.807, 2.05) is 19.9 Å². The van der Waals surface area contributed by atoms with Gasteiger partial charge in [0, 0.05) is 41.3 Å². The van der Waals surface area contributed by atoms with Gasteiger partial charge in [-0.25, -0.2) is 0 Å². The zero-order chi connectivity index (χ0) is 21.1. The standard InChI is InChI=1S/C21H24N4O3S2/c1-14-11-17(15(2)25(14)9-7-16-5-4-10-29-16)18(26)13-30-21-23-22-19(28-21)12-24-8-3-6-20(24)27/h4-5,10-11H,3,6-9,12-13H2,1-2H3. The third kappa shape index (κ3) is 4.67. The van der Waals surface area contributed by atoms with E-state index in [0.29, 0.717) is 24.1 Å². The van der Waals surface area contributed by atoms with Crippen molar-refractivity contribution in [3.63, 3.8) is 0 Å². The van der Waals surface area contributed by atoms with Crippen molar-refractivity contribution < 1.29 is 14.0 Å². The van der Waals surface area contributed by atoms with Gasteiger partial charge in [0.05, 0.1) is 12.3 Å². The highest BCUT2D eigenvalue weighted by molar-refractivity contribution is 7.99. The molecule has 7 nitrogen and oxygen atoms in total. The maximum absolute atomic E-state index is 12.8. The molecule has 0 N–H and O–H groups in total. The van der Waals surface area contributed by atoms with Gasteiger partial charge in [-0.05, 0) is 44.2 Å². The molecule has 0 spiro atoms. The molecule has 0 bridgehead atoms. The summed E-state index contributed by atoms with van der Waals surface area (Å²) in [7, 11) is 0. The van der Waals surface area contributed by atoms with Gasteiger partial charge in [0.2, 0.25) is 11.8 Å². The van der Waals surface area contributed by atoms with Crippen molar-refractivity contribution in [2.75, 3.05) is 12.3 Å². The lowest BCUT2D eigenvalue weighted by Gasteiger charge is -2.11. The lowest BCUT2D eigenvalue weighted by Crippen LogP contribution is -2.23. The summed E-state index contributed by atoms with van der Waals surface area (Å²) in [6.07, 6.45) is 2.41. The van der Waals surface area contributed by atoms with Crippen molar-refractivity contribution in [1.82, 2.24) is 19.7 Å². The maximum atomic E-state index is 12.8. The summed E-state index contributed by atoms with van der Waals surface area (Å²) in [6.45, 7) is 5.96. The number of nitrogens with zero attached hydrogens (tertiary/aromatic N) is 4. The molecule has 0 unspecified atom stereocenters. The minimum atomic E-state index is 0.0462. The second kappa shape index (κ2) is 9.18. The number of carbonyl (C=O) groups excluding carboxylic acids is 2. The second-order valence-electron chi connectivity index (χ2n) is 7.36. The first-order valence-electron chi connectivity index (χ1n) is 9.96. The number of ketones is 1. The topological polar surface area (TPSA) is 81.2 Å². The minimum absolute atomic E-state index is 0.0462. The van der Waals surface area contributed by atoms with Crippen LogP contribution in [0.4, 0.5) is 0 Å². The molecule has 1 aliphatic rings. The number of hydrogen-bond acceptors (Lipinski definition) is 7. The predicted molar refractivity (Wildman–Crippen MR) is 116 cm³/mol. The molecule has 158 valence electrons. The Labute approximate surface area is 183 Å². The lowest BCUT2D eigenvalue weighted by molar-refractivity contribution is -0.128. The first-order chi connectivity index (χ1) is 14.5. The number of aryl methyl sites for hydroxylation is 2. The first kappa shape index (κ1) is 20.9. The van der Waals surface area contributed by atoms with E-state index in [2.05, 4.69) is 32.3 Å². The smallest absolute Gasteiger partial charge is 0.277 e. The number of thiophene rings is 1. The molecule has 0 aliphatic carbocycles. The number of Topliss-reactive ketones (excluding diaryl/α,β-unsaturated/α-hetero) is 1. The number of hydrogen-bond donors (Lipinski definition) is 0. The van der Waals surface area contributed by atoms with E-state index in [4.69, 9.17) is 4.42 Å². The van der Waals surface area contributed by atoms with Crippen LogP contribution < -0.4 is 0 Å². The molecule has 30 heavy (non-hydrogen) atoms. The zero-order valence-electron chi connectivity index (χ0n) is 17.1. The Balaban J connectivity index is 1.34. The van der Waals surface area contributed by atoms with Crippen LogP contribution in [0.25, 0.3) is 0 Å². The van der Waals surface area contributed by atoms with Crippen LogP contribution in [0.5, 0.6) is 0 Å². The molecule has 1 saturated heterocycles. The zero-order valence-corrected chi connectivity index (χ0v) is 18.7. The molecule has 0 atom stereocenters. The van der Waals surface area contributed by atoms with Crippen LogP contribution in [0.1, 0.15) is 45.4 Å². The fourth-order valence-electron chi connectivity index (χ4n) is 3.70. The fourth-order valence-corrected chi connectivity index (χ4v) is 5.07. The van der Waals surface area contributed by atoms with E-state index in [0.717, 1.165) is 42.9 Å². The molecule has 1 fully saturated rings. The summed E-state index contributed by atoms with van der Waals surface area (Å²) in [6, 6.07) is 6.16. The van der Waals surface area contributed by atoms with Gasteiger partial charge < -0.3 is 13.9 Å². The molecule has 0 radical (unpaired) electrons. The number of carbonyl (C=O) groups is 2. The van der Waals surface area contributed by atoms with Crippen molar-refractivity contribution in [3.8, 4) is 0 Å². The number of amides is 1.